The molecule has 0 saturated carbocycles. The summed E-state index contributed by atoms with van der Waals surface area (Å²) in [5.41, 5.74) is 0.916. The summed E-state index contributed by atoms with van der Waals surface area (Å²) in [6.45, 7) is 0.866. The molecule has 25 heavy (non-hydrogen) atoms. The zero-order valence-corrected chi connectivity index (χ0v) is 14.7. The molecule has 0 aromatic heterocycles. The van der Waals surface area contributed by atoms with Gasteiger partial charge in [0.25, 0.3) is 0 Å². The van der Waals surface area contributed by atoms with E-state index in [9.17, 15) is 22.8 Å². The number of amides is 2. The number of rotatable bonds is 8. The molecule has 142 valence electrons. The Morgan fingerprint density at radius 2 is 1.96 bits per heavy atom. The Morgan fingerprint density at radius 3 is 2.56 bits per heavy atom. The van der Waals surface area contributed by atoms with Gasteiger partial charge in [0, 0.05) is 32.9 Å². The molecule has 0 aliphatic heterocycles. The highest BCUT2D eigenvalue weighted by atomic mass is 35.5. The number of methoxy groups -OCH3 is 1. The van der Waals surface area contributed by atoms with Gasteiger partial charge in [-0.05, 0) is 17.7 Å². The van der Waals surface area contributed by atoms with Gasteiger partial charge < -0.3 is 20.3 Å². The molecule has 0 heterocycles. The largest absolute Gasteiger partial charge is 0.471 e. The van der Waals surface area contributed by atoms with Gasteiger partial charge in [0.15, 0.2) is 0 Å². The van der Waals surface area contributed by atoms with Gasteiger partial charge in [-0.1, -0.05) is 12.1 Å². The molecule has 0 unspecified atom stereocenters. The van der Waals surface area contributed by atoms with Crippen LogP contribution >= 0.6 is 12.4 Å². The summed E-state index contributed by atoms with van der Waals surface area (Å²) in [7, 11) is 2.62. The number of anilines is 1. The molecule has 0 spiro atoms. The predicted molar refractivity (Wildman–Crippen MR) is 89.6 cm³/mol. The Balaban J connectivity index is 0.00000576. The SMILES string of the molecule is COCCNCC(=O)Nc1cccc(CN(C)C(=O)C(F)(F)F)c1.Cl. The molecule has 0 fully saturated rings. The van der Waals surface area contributed by atoms with E-state index >= 15 is 0 Å². The average Bonchev–Trinajstić information content (AvgIpc) is 2.50. The van der Waals surface area contributed by atoms with Crippen LogP contribution < -0.4 is 10.6 Å². The number of halogens is 4. The van der Waals surface area contributed by atoms with E-state index in [2.05, 4.69) is 10.6 Å². The van der Waals surface area contributed by atoms with Crippen LogP contribution in [0, 0.1) is 0 Å². The molecular weight excluding hydrogens is 363 g/mol. The molecule has 1 rings (SSSR count). The van der Waals surface area contributed by atoms with Gasteiger partial charge in [-0.3, -0.25) is 9.59 Å². The number of nitrogens with zero attached hydrogens (tertiary/aromatic N) is 1. The maximum Gasteiger partial charge on any atom is 0.471 e. The smallest absolute Gasteiger partial charge is 0.383 e. The molecule has 1 aromatic rings. The quantitative estimate of drug-likeness (QED) is 0.672. The van der Waals surface area contributed by atoms with Crippen molar-refractivity contribution in [2.75, 3.05) is 39.2 Å². The minimum Gasteiger partial charge on any atom is -0.383 e. The standard InChI is InChI=1S/C15H20F3N3O3.ClH/c1-21(14(23)15(16,17)18)10-11-4-3-5-12(8-11)20-13(22)9-19-6-7-24-2;/h3-5,8,19H,6-7,9-10H2,1-2H3,(H,20,22);1H. The molecule has 1 aromatic carbocycles. The van der Waals surface area contributed by atoms with Crippen LogP contribution in [0.15, 0.2) is 24.3 Å². The monoisotopic (exact) mass is 383 g/mol. The summed E-state index contributed by atoms with van der Waals surface area (Å²) in [6, 6.07) is 6.30. The topological polar surface area (TPSA) is 70.7 Å². The second-order valence-corrected chi connectivity index (χ2v) is 5.08. The van der Waals surface area contributed by atoms with E-state index in [1.807, 2.05) is 0 Å². The van der Waals surface area contributed by atoms with Crippen LogP contribution in [0.4, 0.5) is 18.9 Å². The molecule has 0 radical (unpaired) electrons. The van der Waals surface area contributed by atoms with Gasteiger partial charge in [0.2, 0.25) is 5.91 Å². The van der Waals surface area contributed by atoms with Crippen molar-refractivity contribution in [3.63, 3.8) is 0 Å². The lowest BCUT2D eigenvalue weighted by atomic mass is 10.2. The van der Waals surface area contributed by atoms with Gasteiger partial charge in [0.1, 0.15) is 0 Å². The van der Waals surface area contributed by atoms with Crippen LogP contribution in [0.1, 0.15) is 5.56 Å². The number of hydrogen-bond acceptors (Lipinski definition) is 4. The Morgan fingerprint density at radius 1 is 1.28 bits per heavy atom. The van der Waals surface area contributed by atoms with Crippen LogP contribution in [0.3, 0.4) is 0 Å². The lowest BCUT2D eigenvalue weighted by Crippen LogP contribution is -2.37. The lowest BCUT2D eigenvalue weighted by molar-refractivity contribution is -0.184. The molecule has 2 N–H and O–H groups in total. The number of alkyl halides is 3. The van der Waals surface area contributed by atoms with Gasteiger partial charge in [-0.15, -0.1) is 12.4 Å². The van der Waals surface area contributed by atoms with Crippen LogP contribution in [-0.4, -0.2) is 56.7 Å². The lowest BCUT2D eigenvalue weighted by Gasteiger charge is -2.19. The number of nitrogens with one attached hydrogen (secondary N) is 2. The Kier molecular flexibility index (Phi) is 10.1. The number of carbonyl (C=O) groups excluding carboxylic acids is 2. The van der Waals surface area contributed by atoms with Gasteiger partial charge >= 0.3 is 12.1 Å². The minimum absolute atomic E-state index is 0. The van der Waals surface area contributed by atoms with Crippen molar-refractivity contribution in [3.8, 4) is 0 Å². The Bertz CT molecular complexity index is 570. The maximum absolute atomic E-state index is 12.4. The van der Waals surface area contributed by atoms with Crippen molar-refractivity contribution in [2.24, 2.45) is 0 Å². The summed E-state index contributed by atoms with van der Waals surface area (Å²) < 4.78 is 41.9. The van der Waals surface area contributed by atoms with Crippen molar-refractivity contribution in [1.82, 2.24) is 10.2 Å². The molecular formula is C15H21ClF3N3O3. The highest BCUT2D eigenvalue weighted by molar-refractivity contribution is 5.92. The minimum atomic E-state index is -4.91. The van der Waals surface area contributed by atoms with Gasteiger partial charge in [-0.2, -0.15) is 13.2 Å². The summed E-state index contributed by atoms with van der Waals surface area (Å²) in [5, 5.41) is 5.49. The second kappa shape index (κ2) is 10.9. The van der Waals surface area contributed by atoms with Gasteiger partial charge in [0.05, 0.1) is 13.2 Å². The summed E-state index contributed by atoms with van der Waals surface area (Å²) in [5.74, 6) is -2.21. The zero-order chi connectivity index (χ0) is 18.2. The Hall–Kier alpha value is -1.84. The summed E-state index contributed by atoms with van der Waals surface area (Å²) >= 11 is 0. The molecule has 0 aliphatic carbocycles. The molecule has 0 saturated heterocycles. The van der Waals surface area contributed by atoms with E-state index in [1.54, 1.807) is 25.3 Å². The maximum atomic E-state index is 12.4. The highest BCUT2D eigenvalue weighted by Crippen LogP contribution is 2.19. The van der Waals surface area contributed by atoms with Crippen molar-refractivity contribution in [1.29, 1.82) is 0 Å². The predicted octanol–water partition coefficient (Wildman–Crippen LogP) is 1.80. The summed E-state index contributed by atoms with van der Waals surface area (Å²) in [6.07, 6.45) is -4.91. The third-order valence-corrected chi connectivity index (χ3v) is 2.99. The van der Waals surface area contributed by atoms with E-state index in [0.29, 0.717) is 29.3 Å². The normalized spacial score (nSPS) is 10.8. The van der Waals surface area contributed by atoms with Crippen molar-refractivity contribution >= 4 is 29.9 Å². The zero-order valence-electron chi connectivity index (χ0n) is 13.9. The number of ether oxygens (including phenoxy) is 1. The molecule has 6 nitrogen and oxygen atoms in total. The van der Waals surface area contributed by atoms with Crippen LogP contribution in [0.5, 0.6) is 0 Å². The first-order valence-corrected chi connectivity index (χ1v) is 7.14. The molecule has 10 heteroatoms. The van der Waals surface area contributed by atoms with E-state index in [0.717, 1.165) is 7.05 Å². The molecule has 0 atom stereocenters. The number of benzene rings is 1. The first kappa shape index (κ1) is 23.2. The van der Waals surface area contributed by atoms with E-state index in [4.69, 9.17) is 4.74 Å². The van der Waals surface area contributed by atoms with Gasteiger partial charge in [-0.25, -0.2) is 0 Å². The summed E-state index contributed by atoms with van der Waals surface area (Å²) in [4.78, 5) is 23.4. The van der Waals surface area contributed by atoms with Crippen molar-refractivity contribution in [3.05, 3.63) is 29.8 Å². The average molecular weight is 384 g/mol. The fraction of sp³-hybridized carbons (Fsp3) is 0.467. The van der Waals surface area contributed by atoms with Crippen molar-refractivity contribution < 1.29 is 27.5 Å². The number of hydrogen-bond donors (Lipinski definition) is 2. The fourth-order valence-electron chi connectivity index (χ4n) is 1.89. The van der Waals surface area contributed by atoms with E-state index < -0.39 is 12.1 Å². The van der Waals surface area contributed by atoms with E-state index in [-0.39, 0.29) is 31.4 Å². The third kappa shape index (κ3) is 8.71. The molecule has 0 bridgehead atoms. The van der Waals surface area contributed by atoms with E-state index in [1.165, 1.54) is 6.07 Å². The molecule has 2 amide bonds. The second-order valence-electron chi connectivity index (χ2n) is 5.08. The highest BCUT2D eigenvalue weighted by Gasteiger charge is 2.41. The first-order chi connectivity index (χ1) is 11.2. The van der Waals surface area contributed by atoms with Crippen LogP contribution in [0.25, 0.3) is 0 Å². The van der Waals surface area contributed by atoms with Crippen LogP contribution in [0.2, 0.25) is 0 Å². The Labute approximate surface area is 150 Å². The number of carbonyl (C=O) groups is 2. The molecule has 0 aliphatic rings. The fourth-order valence-corrected chi connectivity index (χ4v) is 1.89. The van der Waals surface area contributed by atoms with Crippen molar-refractivity contribution in [2.45, 2.75) is 12.7 Å². The van der Waals surface area contributed by atoms with Crippen LogP contribution in [-0.2, 0) is 20.9 Å². The first-order valence-electron chi connectivity index (χ1n) is 7.14. The third-order valence-electron chi connectivity index (χ3n) is 2.99.